The summed E-state index contributed by atoms with van der Waals surface area (Å²) >= 11 is 0. The van der Waals surface area contributed by atoms with Crippen molar-refractivity contribution in [2.24, 2.45) is 0 Å². The molecule has 0 aromatic heterocycles. The molecular formula is C30H38N+. The number of rotatable bonds is 13. The SMILES string of the molecule is CC/C=C/CCCCC[N+](Cc1ccccc1)(Cc1ccccc1)Cc1ccccc1. The lowest BCUT2D eigenvalue weighted by atomic mass is 10.0. The number of allylic oxidation sites excluding steroid dienone is 2. The summed E-state index contributed by atoms with van der Waals surface area (Å²) in [5.74, 6) is 0. The molecule has 0 amide bonds. The Morgan fingerprint density at radius 2 is 1.00 bits per heavy atom. The number of hydrogen-bond acceptors (Lipinski definition) is 0. The second-order valence-corrected chi connectivity index (χ2v) is 8.73. The van der Waals surface area contributed by atoms with E-state index >= 15 is 0 Å². The fourth-order valence-electron chi connectivity index (χ4n) is 4.49. The first-order chi connectivity index (χ1) is 15.3. The number of quaternary nitrogens is 1. The predicted octanol–water partition coefficient (Wildman–Crippen LogP) is 7.93. The Morgan fingerprint density at radius 1 is 0.548 bits per heavy atom. The van der Waals surface area contributed by atoms with Crippen LogP contribution in [0.5, 0.6) is 0 Å². The van der Waals surface area contributed by atoms with E-state index in [9.17, 15) is 0 Å². The molecule has 0 aliphatic carbocycles. The zero-order valence-electron chi connectivity index (χ0n) is 19.1. The van der Waals surface area contributed by atoms with Gasteiger partial charge in [0.2, 0.25) is 0 Å². The quantitative estimate of drug-likeness (QED) is 0.152. The molecule has 0 saturated carbocycles. The molecule has 0 aliphatic heterocycles. The third-order valence-electron chi connectivity index (χ3n) is 5.99. The summed E-state index contributed by atoms with van der Waals surface area (Å²) in [4.78, 5) is 0. The summed E-state index contributed by atoms with van der Waals surface area (Å²) in [6.07, 6.45) is 10.9. The molecule has 0 heterocycles. The highest BCUT2D eigenvalue weighted by atomic mass is 15.3. The molecule has 0 aliphatic rings. The van der Waals surface area contributed by atoms with Gasteiger partial charge in [-0.05, 0) is 32.1 Å². The number of benzene rings is 3. The van der Waals surface area contributed by atoms with Crippen LogP contribution in [0, 0.1) is 0 Å². The topological polar surface area (TPSA) is 0 Å². The molecule has 0 bridgehead atoms. The molecular weight excluding hydrogens is 374 g/mol. The highest BCUT2D eigenvalue weighted by Gasteiger charge is 2.28. The first-order valence-electron chi connectivity index (χ1n) is 11.9. The van der Waals surface area contributed by atoms with E-state index in [0.29, 0.717) is 0 Å². The molecule has 162 valence electrons. The fraction of sp³-hybridized carbons (Fsp3) is 0.333. The smallest absolute Gasteiger partial charge is 0.105 e. The summed E-state index contributed by atoms with van der Waals surface area (Å²) < 4.78 is 1.07. The lowest BCUT2D eigenvalue weighted by Crippen LogP contribution is -2.46. The van der Waals surface area contributed by atoms with E-state index in [2.05, 4.69) is 110 Å². The lowest BCUT2D eigenvalue weighted by molar-refractivity contribution is -0.966. The van der Waals surface area contributed by atoms with Gasteiger partial charge in [0.05, 0.1) is 6.54 Å². The Labute approximate surface area is 189 Å². The summed E-state index contributed by atoms with van der Waals surface area (Å²) in [6, 6.07) is 33.2. The van der Waals surface area contributed by atoms with Gasteiger partial charge in [0.15, 0.2) is 0 Å². The van der Waals surface area contributed by atoms with Gasteiger partial charge in [0, 0.05) is 16.7 Å². The molecule has 3 aromatic carbocycles. The molecule has 0 atom stereocenters. The Bertz CT molecular complexity index is 767. The molecule has 1 nitrogen and oxygen atoms in total. The monoisotopic (exact) mass is 412 g/mol. The Morgan fingerprint density at radius 3 is 1.42 bits per heavy atom. The third kappa shape index (κ3) is 8.19. The van der Waals surface area contributed by atoms with E-state index in [0.717, 1.165) is 30.5 Å². The van der Waals surface area contributed by atoms with Crippen molar-refractivity contribution in [3.05, 3.63) is 120 Å². The molecule has 0 unspecified atom stereocenters. The lowest BCUT2D eigenvalue weighted by Gasteiger charge is -2.39. The van der Waals surface area contributed by atoms with E-state index in [1.165, 1.54) is 48.9 Å². The first-order valence-corrected chi connectivity index (χ1v) is 11.9. The van der Waals surface area contributed by atoms with Gasteiger partial charge in [0.1, 0.15) is 19.6 Å². The van der Waals surface area contributed by atoms with Crippen molar-refractivity contribution in [2.75, 3.05) is 6.54 Å². The largest absolute Gasteiger partial charge is 0.312 e. The van der Waals surface area contributed by atoms with Gasteiger partial charge in [-0.1, -0.05) is 110 Å². The highest BCUT2D eigenvalue weighted by molar-refractivity contribution is 5.17. The average Bonchev–Trinajstić information content (AvgIpc) is 2.80. The molecule has 0 radical (unpaired) electrons. The maximum Gasteiger partial charge on any atom is 0.105 e. The Balaban J connectivity index is 1.80. The summed E-state index contributed by atoms with van der Waals surface area (Å²) in [7, 11) is 0. The van der Waals surface area contributed by atoms with Crippen molar-refractivity contribution >= 4 is 0 Å². The van der Waals surface area contributed by atoms with Crippen LogP contribution in [0.2, 0.25) is 0 Å². The minimum atomic E-state index is 1.07. The van der Waals surface area contributed by atoms with Crippen LogP contribution in [0.15, 0.2) is 103 Å². The van der Waals surface area contributed by atoms with Gasteiger partial charge in [-0.25, -0.2) is 0 Å². The van der Waals surface area contributed by atoms with Crippen LogP contribution in [0.4, 0.5) is 0 Å². The number of unbranched alkanes of at least 4 members (excludes halogenated alkanes) is 3. The first kappa shape index (κ1) is 23.0. The predicted molar refractivity (Wildman–Crippen MR) is 133 cm³/mol. The van der Waals surface area contributed by atoms with Gasteiger partial charge in [-0.3, -0.25) is 0 Å². The van der Waals surface area contributed by atoms with E-state index < -0.39 is 0 Å². The van der Waals surface area contributed by atoms with Crippen molar-refractivity contribution in [3.8, 4) is 0 Å². The van der Waals surface area contributed by atoms with Crippen LogP contribution < -0.4 is 0 Å². The second-order valence-electron chi connectivity index (χ2n) is 8.73. The van der Waals surface area contributed by atoms with Crippen LogP contribution in [0.25, 0.3) is 0 Å². The van der Waals surface area contributed by atoms with Crippen molar-refractivity contribution in [2.45, 2.75) is 58.7 Å². The van der Waals surface area contributed by atoms with Gasteiger partial charge in [-0.2, -0.15) is 0 Å². The summed E-state index contributed by atoms with van der Waals surface area (Å²) in [5.41, 5.74) is 4.29. The molecule has 0 fully saturated rings. The maximum absolute atomic E-state index is 2.35. The van der Waals surface area contributed by atoms with Crippen LogP contribution in [0.1, 0.15) is 55.7 Å². The molecule has 31 heavy (non-hydrogen) atoms. The summed E-state index contributed by atoms with van der Waals surface area (Å²) in [5, 5.41) is 0. The van der Waals surface area contributed by atoms with Gasteiger partial charge >= 0.3 is 0 Å². The van der Waals surface area contributed by atoms with Gasteiger partial charge in [-0.15, -0.1) is 0 Å². The van der Waals surface area contributed by atoms with Crippen molar-refractivity contribution in [1.82, 2.24) is 0 Å². The molecule has 3 rings (SSSR count). The Kier molecular flexibility index (Phi) is 9.60. The minimum Gasteiger partial charge on any atom is -0.312 e. The molecule has 0 N–H and O–H groups in total. The normalized spacial score (nSPS) is 11.8. The molecule has 0 spiro atoms. The van der Waals surface area contributed by atoms with Crippen molar-refractivity contribution in [1.29, 1.82) is 0 Å². The van der Waals surface area contributed by atoms with Gasteiger partial charge in [0.25, 0.3) is 0 Å². The zero-order valence-corrected chi connectivity index (χ0v) is 19.1. The zero-order chi connectivity index (χ0) is 21.6. The van der Waals surface area contributed by atoms with E-state index in [-0.39, 0.29) is 0 Å². The minimum absolute atomic E-state index is 1.07. The second kappa shape index (κ2) is 12.9. The number of hydrogen-bond donors (Lipinski definition) is 0. The molecule has 1 heteroatoms. The van der Waals surface area contributed by atoms with E-state index in [4.69, 9.17) is 0 Å². The van der Waals surface area contributed by atoms with E-state index in [1.54, 1.807) is 0 Å². The molecule has 0 saturated heterocycles. The van der Waals surface area contributed by atoms with Crippen molar-refractivity contribution < 1.29 is 4.48 Å². The van der Waals surface area contributed by atoms with Crippen LogP contribution in [-0.2, 0) is 19.6 Å². The third-order valence-corrected chi connectivity index (χ3v) is 5.99. The summed E-state index contributed by atoms with van der Waals surface area (Å²) in [6.45, 7) is 6.62. The molecule has 3 aromatic rings. The van der Waals surface area contributed by atoms with Crippen LogP contribution >= 0.6 is 0 Å². The maximum atomic E-state index is 2.35. The average molecular weight is 413 g/mol. The van der Waals surface area contributed by atoms with Gasteiger partial charge < -0.3 is 4.48 Å². The number of nitrogens with zero attached hydrogens (tertiary/aromatic N) is 1. The van der Waals surface area contributed by atoms with Crippen LogP contribution in [0.3, 0.4) is 0 Å². The van der Waals surface area contributed by atoms with Crippen molar-refractivity contribution in [3.63, 3.8) is 0 Å². The van der Waals surface area contributed by atoms with Crippen LogP contribution in [-0.4, -0.2) is 11.0 Å². The van der Waals surface area contributed by atoms with E-state index in [1.807, 2.05) is 0 Å². The fourth-order valence-corrected chi connectivity index (χ4v) is 4.49. The standard InChI is InChI=1S/C30H38N/c1-2-3-4-5-6-7-17-24-31(25-28-18-11-8-12-19-28,26-29-20-13-9-14-21-29)27-30-22-15-10-16-23-30/h3-4,8-16,18-23H,2,5-7,17,24-27H2,1H3/q+1/b4-3+. The Hall–Kier alpha value is -2.64. The highest BCUT2D eigenvalue weighted by Crippen LogP contribution is 2.25.